The first kappa shape index (κ1) is 19.1. The first-order valence-electron chi connectivity index (χ1n) is 6.10. The molecule has 10 heteroatoms. The van der Waals surface area contributed by atoms with Crippen molar-refractivity contribution >= 4 is 58.2 Å². The normalized spacial score (nSPS) is 12.3. The first-order chi connectivity index (χ1) is 10.5. The van der Waals surface area contributed by atoms with Gasteiger partial charge in [0.15, 0.2) is 4.17 Å². The van der Waals surface area contributed by atoms with Crippen molar-refractivity contribution in [1.29, 1.82) is 0 Å². The molecule has 0 aliphatic carbocycles. The van der Waals surface area contributed by atoms with Crippen LogP contribution in [-0.4, -0.2) is 13.9 Å². The molecule has 126 valence electrons. The van der Waals surface area contributed by atoms with E-state index in [2.05, 4.69) is 5.10 Å². The van der Waals surface area contributed by atoms with Crippen molar-refractivity contribution in [2.24, 2.45) is 0 Å². The second-order valence-electron chi connectivity index (χ2n) is 4.58. The van der Waals surface area contributed by atoms with Gasteiger partial charge in [0, 0.05) is 0 Å². The van der Waals surface area contributed by atoms with Crippen LogP contribution < -0.4 is 0 Å². The third-order valence-corrected chi connectivity index (χ3v) is 5.10. The molecule has 2 rings (SSSR count). The fourth-order valence-corrected chi connectivity index (χ4v) is 3.87. The largest absolute Gasteiger partial charge is 0.416 e. The quantitative estimate of drug-likeness (QED) is 0.405. The van der Waals surface area contributed by atoms with Crippen LogP contribution in [0.2, 0.25) is 10.0 Å². The summed E-state index contributed by atoms with van der Waals surface area (Å²) in [4.78, 5) is 0.715. The van der Waals surface area contributed by atoms with Gasteiger partial charge in [0.25, 0.3) is 0 Å². The highest BCUT2D eigenvalue weighted by molar-refractivity contribution is 8.02. The van der Waals surface area contributed by atoms with Gasteiger partial charge >= 0.3 is 6.18 Å². The molecule has 0 bridgehead atoms. The van der Waals surface area contributed by atoms with Crippen LogP contribution in [0.4, 0.5) is 13.2 Å². The topological polar surface area (TPSA) is 17.8 Å². The molecule has 0 spiro atoms. The summed E-state index contributed by atoms with van der Waals surface area (Å²) < 4.78 is 39.1. The Bertz CT molecular complexity index is 721. The number of benzene rings is 1. The number of halogens is 7. The molecule has 0 atom stereocenters. The molecule has 0 fully saturated rings. The highest BCUT2D eigenvalue weighted by atomic mass is 35.5. The molecule has 1 aromatic carbocycles. The van der Waals surface area contributed by atoms with Crippen molar-refractivity contribution in [3.05, 3.63) is 39.1 Å². The Morgan fingerprint density at radius 3 is 2.09 bits per heavy atom. The van der Waals surface area contributed by atoms with E-state index < -0.39 is 15.9 Å². The van der Waals surface area contributed by atoms with E-state index in [9.17, 15) is 13.2 Å². The van der Waals surface area contributed by atoms with Gasteiger partial charge in [-0.1, -0.05) is 58.2 Å². The Balaban J connectivity index is 2.60. The maximum absolute atomic E-state index is 12.8. The molecule has 0 radical (unpaired) electrons. The van der Waals surface area contributed by atoms with Gasteiger partial charge in [-0.2, -0.15) is 18.3 Å². The number of alkyl halides is 5. The molecule has 0 saturated heterocycles. The van der Waals surface area contributed by atoms with Crippen molar-refractivity contribution in [2.45, 2.75) is 29.1 Å². The average molecular weight is 424 g/mol. The van der Waals surface area contributed by atoms with Gasteiger partial charge in [-0.05, 0) is 26.0 Å². The molecule has 0 unspecified atom stereocenters. The second-order valence-corrected chi connectivity index (χ2v) is 8.12. The summed E-state index contributed by atoms with van der Waals surface area (Å²) in [6.45, 7) is 3.46. The fourth-order valence-electron chi connectivity index (χ4n) is 2.04. The highest BCUT2D eigenvalue weighted by Gasteiger charge is 2.32. The van der Waals surface area contributed by atoms with Crippen molar-refractivity contribution in [1.82, 2.24) is 9.78 Å². The van der Waals surface area contributed by atoms with Crippen LogP contribution in [-0.2, 0) is 6.18 Å². The van der Waals surface area contributed by atoms with Crippen LogP contribution in [0.1, 0.15) is 17.0 Å². The number of nitrogens with zero attached hydrogens (tertiary/aromatic N) is 2. The summed E-state index contributed by atoms with van der Waals surface area (Å²) in [7, 11) is 0. The zero-order valence-electron chi connectivity index (χ0n) is 11.7. The SMILES string of the molecule is Cc1nn(-c2c(Cl)cc(C(F)(F)F)cc2Cl)c(C)c1SC(Cl)Cl. The van der Waals surface area contributed by atoms with Gasteiger partial charge in [-0.3, -0.25) is 0 Å². The molecule has 0 aliphatic rings. The smallest absolute Gasteiger partial charge is 0.234 e. The molecule has 0 aliphatic heterocycles. The Morgan fingerprint density at radius 1 is 1.13 bits per heavy atom. The number of hydrogen-bond donors (Lipinski definition) is 0. The van der Waals surface area contributed by atoms with Crippen molar-refractivity contribution in [3.63, 3.8) is 0 Å². The van der Waals surface area contributed by atoms with E-state index in [0.29, 0.717) is 16.3 Å². The van der Waals surface area contributed by atoms with Crippen LogP contribution >= 0.6 is 58.2 Å². The molecule has 0 N–H and O–H groups in total. The van der Waals surface area contributed by atoms with Crippen LogP contribution in [0.25, 0.3) is 5.69 Å². The minimum absolute atomic E-state index is 0.153. The van der Waals surface area contributed by atoms with Crippen LogP contribution in [0, 0.1) is 13.8 Å². The zero-order chi connectivity index (χ0) is 17.5. The zero-order valence-corrected chi connectivity index (χ0v) is 15.5. The van der Waals surface area contributed by atoms with E-state index in [1.807, 2.05) is 0 Å². The molecule has 2 nitrogen and oxygen atoms in total. The molecular formula is C13H9Cl4F3N2S. The average Bonchev–Trinajstić information content (AvgIpc) is 2.64. The van der Waals surface area contributed by atoms with E-state index in [0.717, 1.165) is 12.1 Å². The Kier molecular flexibility index (Phi) is 5.74. The summed E-state index contributed by atoms with van der Waals surface area (Å²) in [5, 5.41) is 3.97. The molecule has 0 saturated carbocycles. The lowest BCUT2D eigenvalue weighted by atomic mass is 10.2. The molecule has 1 heterocycles. The number of aryl methyl sites for hydroxylation is 1. The Morgan fingerprint density at radius 2 is 1.65 bits per heavy atom. The molecule has 1 aromatic heterocycles. The lowest BCUT2D eigenvalue weighted by Crippen LogP contribution is -2.08. The molecule has 2 aromatic rings. The summed E-state index contributed by atoms with van der Waals surface area (Å²) in [6, 6.07) is 1.63. The van der Waals surface area contributed by atoms with Gasteiger partial charge in [0.1, 0.15) is 5.69 Å². The Hall–Kier alpha value is -0.270. The van der Waals surface area contributed by atoms with E-state index in [-0.39, 0.29) is 15.7 Å². The van der Waals surface area contributed by atoms with E-state index in [1.54, 1.807) is 13.8 Å². The number of thioether (sulfide) groups is 1. The Labute approximate surface area is 154 Å². The summed E-state index contributed by atoms with van der Waals surface area (Å²) in [5.41, 5.74) is 0.497. The van der Waals surface area contributed by atoms with Crippen molar-refractivity contribution in [3.8, 4) is 5.69 Å². The van der Waals surface area contributed by atoms with Gasteiger partial charge in [-0.15, -0.1) is 0 Å². The van der Waals surface area contributed by atoms with Gasteiger partial charge in [-0.25, -0.2) is 4.68 Å². The number of rotatable bonds is 3. The predicted molar refractivity (Wildman–Crippen MR) is 89.4 cm³/mol. The monoisotopic (exact) mass is 422 g/mol. The van der Waals surface area contributed by atoms with E-state index >= 15 is 0 Å². The number of hydrogen-bond acceptors (Lipinski definition) is 2. The first-order valence-corrected chi connectivity index (χ1v) is 8.61. The maximum atomic E-state index is 12.8. The fraction of sp³-hybridized carbons (Fsp3) is 0.308. The van der Waals surface area contributed by atoms with Gasteiger partial charge < -0.3 is 0 Å². The highest BCUT2D eigenvalue weighted by Crippen LogP contribution is 2.40. The number of aromatic nitrogens is 2. The lowest BCUT2D eigenvalue weighted by molar-refractivity contribution is -0.137. The van der Waals surface area contributed by atoms with Crippen LogP contribution in [0.15, 0.2) is 17.0 Å². The third kappa shape index (κ3) is 4.04. The standard InChI is InChI=1S/C13H9Cl4F3N2S/c1-5-11(23-12(16)17)6(2)22(21-5)10-8(14)3-7(4-9(10)15)13(18,19)20/h3-4,12H,1-2H3. The molecular weight excluding hydrogens is 415 g/mol. The van der Waals surface area contributed by atoms with Crippen LogP contribution in [0.5, 0.6) is 0 Å². The summed E-state index contributed by atoms with van der Waals surface area (Å²) >= 11 is 24.7. The maximum Gasteiger partial charge on any atom is 0.416 e. The second kappa shape index (κ2) is 6.92. The van der Waals surface area contributed by atoms with Crippen molar-refractivity contribution < 1.29 is 13.2 Å². The van der Waals surface area contributed by atoms with E-state index in [4.69, 9.17) is 46.4 Å². The summed E-state index contributed by atoms with van der Waals surface area (Å²) in [6.07, 6.45) is -4.54. The minimum atomic E-state index is -4.54. The van der Waals surface area contributed by atoms with Crippen molar-refractivity contribution in [2.75, 3.05) is 0 Å². The van der Waals surface area contributed by atoms with Gasteiger partial charge in [0.05, 0.1) is 31.9 Å². The lowest BCUT2D eigenvalue weighted by Gasteiger charge is -2.13. The molecule has 23 heavy (non-hydrogen) atoms. The predicted octanol–water partition coefficient (Wildman–Crippen LogP) is 6.67. The summed E-state index contributed by atoms with van der Waals surface area (Å²) in [5.74, 6) is 0. The molecule has 0 amide bonds. The van der Waals surface area contributed by atoms with Crippen LogP contribution in [0.3, 0.4) is 0 Å². The minimum Gasteiger partial charge on any atom is -0.234 e. The third-order valence-electron chi connectivity index (χ3n) is 2.99. The van der Waals surface area contributed by atoms with E-state index in [1.165, 1.54) is 16.4 Å². The van der Waals surface area contributed by atoms with Gasteiger partial charge in [0.2, 0.25) is 0 Å².